The molecule has 1 saturated heterocycles. The Morgan fingerprint density at radius 1 is 1.38 bits per heavy atom. The van der Waals surface area contributed by atoms with Crippen LogP contribution in [0, 0.1) is 5.92 Å². The topological polar surface area (TPSA) is 66.9 Å². The van der Waals surface area contributed by atoms with E-state index in [1.165, 1.54) is 11.0 Å². The van der Waals surface area contributed by atoms with Crippen molar-refractivity contribution < 1.29 is 19.1 Å². The molecule has 1 aromatic rings. The van der Waals surface area contributed by atoms with Gasteiger partial charge in [0.05, 0.1) is 30.4 Å². The van der Waals surface area contributed by atoms with Crippen LogP contribution in [0.3, 0.4) is 0 Å². The molecule has 0 aromatic heterocycles. The van der Waals surface area contributed by atoms with Gasteiger partial charge in [-0.3, -0.25) is 24.2 Å². The van der Waals surface area contributed by atoms with E-state index >= 15 is 0 Å². The van der Waals surface area contributed by atoms with E-state index in [1.54, 1.807) is 19.1 Å². The van der Waals surface area contributed by atoms with Crippen LogP contribution in [0.1, 0.15) is 30.1 Å². The Balaban J connectivity index is 1.73. The molecule has 0 aliphatic carbocycles. The number of carbonyl (C=O) groups excluding carboxylic acids is 3. The zero-order valence-corrected chi connectivity index (χ0v) is 14.2. The number of rotatable bonds is 4. The lowest BCUT2D eigenvalue weighted by Crippen LogP contribution is -2.46. The van der Waals surface area contributed by atoms with E-state index in [2.05, 4.69) is 0 Å². The Morgan fingerprint density at radius 2 is 2.17 bits per heavy atom. The van der Waals surface area contributed by atoms with E-state index in [9.17, 15) is 14.4 Å². The number of amides is 1. The van der Waals surface area contributed by atoms with Crippen LogP contribution in [0.4, 0.5) is 5.69 Å². The van der Waals surface area contributed by atoms with Crippen LogP contribution in [0.5, 0.6) is 0 Å². The van der Waals surface area contributed by atoms with E-state index in [0.717, 1.165) is 19.4 Å². The molecule has 2 aliphatic rings. The number of fused-ring (bicyclic) bond motifs is 1. The zero-order chi connectivity index (χ0) is 17.3. The van der Waals surface area contributed by atoms with Crippen LogP contribution < -0.4 is 4.90 Å². The number of esters is 1. The van der Waals surface area contributed by atoms with Crippen LogP contribution in [0.2, 0.25) is 5.02 Å². The fourth-order valence-electron chi connectivity index (χ4n) is 3.25. The molecule has 0 unspecified atom stereocenters. The van der Waals surface area contributed by atoms with Gasteiger partial charge in [-0.15, -0.1) is 0 Å². The number of Topliss-reactive ketones (excluding diaryl/α,β-unsaturated/α-hetero) is 1. The van der Waals surface area contributed by atoms with Crippen LogP contribution in [-0.2, 0) is 14.3 Å². The first-order chi connectivity index (χ1) is 11.5. The van der Waals surface area contributed by atoms with Crippen molar-refractivity contribution in [2.45, 2.75) is 19.8 Å². The molecule has 24 heavy (non-hydrogen) atoms. The molecule has 1 atom stereocenters. The van der Waals surface area contributed by atoms with E-state index in [4.69, 9.17) is 16.3 Å². The van der Waals surface area contributed by atoms with Crippen molar-refractivity contribution in [3.05, 3.63) is 28.8 Å². The molecule has 3 rings (SSSR count). The molecule has 0 N–H and O–H groups in total. The number of ketones is 1. The van der Waals surface area contributed by atoms with E-state index in [-0.39, 0.29) is 18.6 Å². The monoisotopic (exact) mass is 350 g/mol. The number of nitrogens with zero attached hydrogens (tertiary/aromatic N) is 2. The maximum atomic E-state index is 12.3. The molecule has 0 spiro atoms. The number of anilines is 1. The summed E-state index contributed by atoms with van der Waals surface area (Å²) in [6.45, 7) is 3.74. The molecule has 128 valence electrons. The van der Waals surface area contributed by atoms with Gasteiger partial charge in [-0.1, -0.05) is 11.6 Å². The number of carbonyl (C=O) groups is 3. The minimum atomic E-state index is -0.550. The number of piperidine rings is 1. The Morgan fingerprint density at radius 3 is 2.92 bits per heavy atom. The summed E-state index contributed by atoms with van der Waals surface area (Å²) in [5, 5.41) is 0.428. The zero-order valence-electron chi connectivity index (χ0n) is 13.5. The Labute approximate surface area is 145 Å². The van der Waals surface area contributed by atoms with Gasteiger partial charge >= 0.3 is 11.9 Å². The van der Waals surface area contributed by atoms with Gasteiger partial charge < -0.3 is 4.74 Å². The molecule has 1 fully saturated rings. The molecule has 7 heteroatoms. The van der Waals surface area contributed by atoms with Crippen molar-refractivity contribution in [1.29, 1.82) is 0 Å². The van der Waals surface area contributed by atoms with Crippen LogP contribution in [-0.4, -0.2) is 48.9 Å². The normalized spacial score (nSPS) is 21.1. The largest absolute Gasteiger partial charge is 0.466 e. The van der Waals surface area contributed by atoms with E-state index < -0.39 is 11.7 Å². The highest BCUT2D eigenvalue weighted by atomic mass is 35.5. The fraction of sp³-hybridized carbons (Fsp3) is 0.471. The molecule has 1 aromatic carbocycles. The summed E-state index contributed by atoms with van der Waals surface area (Å²) in [5.74, 6) is -1.47. The van der Waals surface area contributed by atoms with Gasteiger partial charge in [0, 0.05) is 11.6 Å². The third kappa shape index (κ3) is 3.16. The van der Waals surface area contributed by atoms with Gasteiger partial charge in [-0.05, 0) is 44.5 Å². The molecule has 2 aliphatic heterocycles. The highest BCUT2D eigenvalue weighted by Crippen LogP contribution is 2.32. The maximum absolute atomic E-state index is 12.3. The summed E-state index contributed by atoms with van der Waals surface area (Å²) in [6, 6.07) is 4.87. The fourth-order valence-corrected chi connectivity index (χ4v) is 3.42. The third-order valence-electron chi connectivity index (χ3n) is 4.40. The predicted molar refractivity (Wildman–Crippen MR) is 89.1 cm³/mol. The second-order valence-corrected chi connectivity index (χ2v) is 6.47. The average Bonchev–Trinajstić information content (AvgIpc) is 2.80. The van der Waals surface area contributed by atoms with Crippen molar-refractivity contribution in [3.63, 3.8) is 0 Å². The Bertz CT molecular complexity index is 691. The van der Waals surface area contributed by atoms with Crippen molar-refractivity contribution in [1.82, 2.24) is 4.90 Å². The molecule has 0 radical (unpaired) electrons. The number of halogens is 1. The number of benzene rings is 1. The van der Waals surface area contributed by atoms with Gasteiger partial charge in [-0.25, -0.2) is 0 Å². The number of ether oxygens (including phenoxy) is 1. The van der Waals surface area contributed by atoms with Crippen LogP contribution in [0.15, 0.2) is 18.2 Å². The second kappa shape index (κ2) is 6.91. The summed E-state index contributed by atoms with van der Waals surface area (Å²) in [5.41, 5.74) is 0.916. The first-order valence-electron chi connectivity index (χ1n) is 8.06. The highest BCUT2D eigenvalue weighted by Gasteiger charge is 2.38. The van der Waals surface area contributed by atoms with Crippen molar-refractivity contribution in [2.24, 2.45) is 5.92 Å². The Kier molecular flexibility index (Phi) is 4.87. The summed E-state index contributed by atoms with van der Waals surface area (Å²) in [7, 11) is 0. The third-order valence-corrected chi connectivity index (χ3v) is 4.64. The minimum Gasteiger partial charge on any atom is -0.466 e. The smallest absolute Gasteiger partial charge is 0.310 e. The molecule has 0 bridgehead atoms. The summed E-state index contributed by atoms with van der Waals surface area (Å²) in [6.07, 6.45) is 1.64. The van der Waals surface area contributed by atoms with Crippen molar-refractivity contribution in [3.8, 4) is 0 Å². The SMILES string of the molecule is CCOC(=O)[C@H]1CCCN(CN2C(=O)C(=O)c3cc(Cl)ccc32)C1. The van der Waals surface area contributed by atoms with Gasteiger partial charge in [0.2, 0.25) is 0 Å². The average molecular weight is 351 g/mol. The highest BCUT2D eigenvalue weighted by molar-refractivity contribution is 6.52. The minimum absolute atomic E-state index is 0.184. The maximum Gasteiger partial charge on any atom is 0.310 e. The lowest BCUT2D eigenvalue weighted by molar-refractivity contribution is -0.149. The predicted octanol–water partition coefficient (Wildman–Crippen LogP) is 2.10. The van der Waals surface area contributed by atoms with Gasteiger partial charge in [0.15, 0.2) is 0 Å². The lowest BCUT2D eigenvalue weighted by Gasteiger charge is -2.34. The van der Waals surface area contributed by atoms with E-state index in [1.807, 2.05) is 4.90 Å². The van der Waals surface area contributed by atoms with Crippen molar-refractivity contribution >= 4 is 34.9 Å². The number of likely N-dealkylation sites (tertiary alicyclic amines) is 1. The molecular formula is C17H19ClN2O4. The molecule has 2 heterocycles. The lowest BCUT2D eigenvalue weighted by atomic mass is 9.98. The quantitative estimate of drug-likeness (QED) is 0.614. The molecule has 1 amide bonds. The van der Waals surface area contributed by atoms with Crippen molar-refractivity contribution in [2.75, 3.05) is 31.3 Å². The second-order valence-electron chi connectivity index (χ2n) is 6.03. The summed E-state index contributed by atoms with van der Waals surface area (Å²) < 4.78 is 5.09. The molecular weight excluding hydrogens is 332 g/mol. The molecule has 6 nitrogen and oxygen atoms in total. The first kappa shape index (κ1) is 16.9. The van der Waals surface area contributed by atoms with Crippen LogP contribution >= 0.6 is 11.6 Å². The van der Waals surface area contributed by atoms with Gasteiger partial charge in [0.25, 0.3) is 5.78 Å². The number of hydrogen-bond donors (Lipinski definition) is 0. The Hall–Kier alpha value is -1.92. The molecule has 0 saturated carbocycles. The standard InChI is InChI=1S/C17H19ClN2O4/c1-2-24-17(23)11-4-3-7-19(9-11)10-20-14-6-5-12(18)8-13(14)15(21)16(20)22/h5-6,8,11H,2-4,7,9-10H2,1H3/t11-/m0/s1. The van der Waals surface area contributed by atoms with Gasteiger partial charge in [0.1, 0.15) is 0 Å². The van der Waals surface area contributed by atoms with E-state index in [0.29, 0.717) is 29.4 Å². The first-order valence-corrected chi connectivity index (χ1v) is 8.43. The van der Waals surface area contributed by atoms with Gasteiger partial charge in [-0.2, -0.15) is 0 Å². The van der Waals surface area contributed by atoms with Crippen LogP contribution in [0.25, 0.3) is 0 Å². The number of hydrogen-bond acceptors (Lipinski definition) is 5. The summed E-state index contributed by atoms with van der Waals surface area (Å²) >= 11 is 5.92. The summed E-state index contributed by atoms with van der Waals surface area (Å²) in [4.78, 5) is 39.8.